The number of H-pyrrole nitrogens is 1. The van der Waals surface area contributed by atoms with E-state index >= 15 is 0 Å². The predicted octanol–water partition coefficient (Wildman–Crippen LogP) is 2.37. The van der Waals surface area contributed by atoms with Gasteiger partial charge in [-0.05, 0) is 37.1 Å². The van der Waals surface area contributed by atoms with Gasteiger partial charge in [0, 0.05) is 28.4 Å². The van der Waals surface area contributed by atoms with Gasteiger partial charge in [0.1, 0.15) is 6.54 Å². The van der Waals surface area contributed by atoms with Crippen molar-refractivity contribution in [3.63, 3.8) is 0 Å². The van der Waals surface area contributed by atoms with Gasteiger partial charge >= 0.3 is 0 Å². The van der Waals surface area contributed by atoms with E-state index in [-0.39, 0.29) is 5.78 Å². The van der Waals surface area contributed by atoms with Crippen molar-refractivity contribution >= 4 is 22.4 Å². The molecular weight excluding hydrogens is 322 g/mol. The lowest BCUT2D eigenvalue weighted by Crippen LogP contribution is -3.15. The highest BCUT2D eigenvalue weighted by Gasteiger charge is 2.24. The first-order chi connectivity index (χ1) is 12.6. The number of nitrogens with zero attached hydrogens (tertiary/aromatic N) is 1. The van der Waals surface area contributed by atoms with E-state index in [1.165, 1.54) is 21.7 Å². The zero-order valence-corrected chi connectivity index (χ0v) is 15.5. The Bertz CT molecular complexity index is 935. The van der Waals surface area contributed by atoms with Crippen LogP contribution < -0.4 is 9.80 Å². The van der Waals surface area contributed by atoms with Gasteiger partial charge in [0.05, 0.1) is 26.2 Å². The maximum Gasteiger partial charge on any atom is 0.219 e. The number of para-hydroxylation sites is 1. The smallest absolute Gasteiger partial charge is 0.219 e. The van der Waals surface area contributed by atoms with Crippen LogP contribution in [0, 0.1) is 13.8 Å². The molecule has 0 aliphatic carbocycles. The molecule has 2 aromatic carbocycles. The zero-order valence-electron chi connectivity index (χ0n) is 15.5. The highest BCUT2D eigenvalue weighted by Crippen LogP contribution is 2.22. The zero-order chi connectivity index (χ0) is 18.1. The standard InChI is InChI=1S/C22H25N3O/c1-16-6-5-9-21(17(16)2)25-12-10-24(11-13-25)15-22(26)19-14-23-20-8-4-3-7-18(19)20/h3-9,14,23H,10-13,15H2,1-2H3/p+1. The second-order valence-corrected chi connectivity index (χ2v) is 7.30. The summed E-state index contributed by atoms with van der Waals surface area (Å²) in [5.74, 6) is 0.234. The van der Waals surface area contributed by atoms with Crippen molar-refractivity contribution in [3.8, 4) is 0 Å². The Kier molecular flexibility index (Phi) is 4.51. The lowest BCUT2D eigenvalue weighted by atomic mass is 10.1. The summed E-state index contributed by atoms with van der Waals surface area (Å²) < 4.78 is 0. The molecule has 3 aromatic rings. The molecule has 26 heavy (non-hydrogen) atoms. The van der Waals surface area contributed by atoms with Gasteiger partial charge in [-0.1, -0.05) is 30.3 Å². The third-order valence-corrected chi connectivity index (χ3v) is 5.69. The molecule has 0 radical (unpaired) electrons. The van der Waals surface area contributed by atoms with Gasteiger partial charge in [-0.25, -0.2) is 0 Å². The van der Waals surface area contributed by atoms with Crippen molar-refractivity contribution in [3.05, 3.63) is 65.4 Å². The van der Waals surface area contributed by atoms with E-state index in [2.05, 4.69) is 41.9 Å². The third kappa shape index (κ3) is 3.13. The SMILES string of the molecule is Cc1cccc(N2CC[NH+](CC(=O)c3c[nH]c4ccccc34)CC2)c1C. The number of carbonyl (C=O) groups excluding carboxylic acids is 1. The lowest BCUT2D eigenvalue weighted by molar-refractivity contribution is -0.892. The summed E-state index contributed by atoms with van der Waals surface area (Å²) in [6.45, 7) is 8.94. The molecule has 0 atom stereocenters. The van der Waals surface area contributed by atoms with Gasteiger partial charge in [-0.15, -0.1) is 0 Å². The van der Waals surface area contributed by atoms with Crippen molar-refractivity contribution in [2.45, 2.75) is 13.8 Å². The van der Waals surface area contributed by atoms with Crippen LogP contribution in [0.15, 0.2) is 48.7 Å². The Balaban J connectivity index is 1.41. The van der Waals surface area contributed by atoms with Crippen LogP contribution in [0.4, 0.5) is 5.69 Å². The number of hydrogen-bond donors (Lipinski definition) is 2. The molecule has 4 heteroatoms. The summed E-state index contributed by atoms with van der Waals surface area (Å²) in [6, 6.07) is 14.5. The van der Waals surface area contributed by atoms with Crippen molar-refractivity contribution in [2.24, 2.45) is 0 Å². The number of fused-ring (bicyclic) bond motifs is 1. The van der Waals surface area contributed by atoms with Gasteiger partial charge in [0.2, 0.25) is 5.78 Å². The van der Waals surface area contributed by atoms with Crippen LogP contribution in [0.2, 0.25) is 0 Å². The molecule has 1 aliphatic rings. The minimum absolute atomic E-state index is 0.234. The molecule has 1 fully saturated rings. The van der Waals surface area contributed by atoms with E-state index in [9.17, 15) is 4.79 Å². The maximum absolute atomic E-state index is 12.8. The number of piperazine rings is 1. The van der Waals surface area contributed by atoms with Crippen LogP contribution in [0.3, 0.4) is 0 Å². The summed E-state index contributed by atoms with van der Waals surface area (Å²) in [6.07, 6.45) is 1.86. The number of benzene rings is 2. The number of Topliss-reactive ketones (excluding diaryl/α,β-unsaturated/α-hetero) is 1. The molecule has 2 heterocycles. The average molecular weight is 348 g/mol. The Labute approximate surface area is 154 Å². The molecule has 134 valence electrons. The lowest BCUT2D eigenvalue weighted by Gasteiger charge is -2.34. The number of aromatic amines is 1. The molecule has 0 amide bonds. The fourth-order valence-electron chi connectivity index (χ4n) is 3.94. The van der Waals surface area contributed by atoms with Gasteiger partial charge < -0.3 is 14.8 Å². The maximum atomic E-state index is 12.8. The van der Waals surface area contributed by atoms with Crippen LogP contribution in [0.25, 0.3) is 10.9 Å². The molecule has 0 saturated carbocycles. The van der Waals surface area contributed by atoms with Crippen molar-refractivity contribution in [1.29, 1.82) is 0 Å². The molecule has 1 saturated heterocycles. The number of hydrogen-bond acceptors (Lipinski definition) is 2. The number of quaternary nitrogens is 1. The van der Waals surface area contributed by atoms with E-state index < -0.39 is 0 Å². The third-order valence-electron chi connectivity index (χ3n) is 5.69. The molecule has 0 spiro atoms. The second-order valence-electron chi connectivity index (χ2n) is 7.30. The number of carbonyl (C=O) groups is 1. The minimum atomic E-state index is 0.234. The van der Waals surface area contributed by atoms with E-state index in [1.807, 2.05) is 30.5 Å². The number of nitrogens with one attached hydrogen (secondary N) is 2. The van der Waals surface area contributed by atoms with E-state index in [1.54, 1.807) is 0 Å². The molecule has 4 rings (SSSR count). The van der Waals surface area contributed by atoms with Gasteiger partial charge in [-0.2, -0.15) is 0 Å². The topological polar surface area (TPSA) is 40.5 Å². The highest BCUT2D eigenvalue weighted by atomic mass is 16.1. The molecule has 4 nitrogen and oxygen atoms in total. The summed E-state index contributed by atoms with van der Waals surface area (Å²) in [5.41, 5.74) is 5.90. The molecule has 1 aromatic heterocycles. The van der Waals surface area contributed by atoms with Crippen molar-refractivity contribution in [1.82, 2.24) is 4.98 Å². The second kappa shape index (κ2) is 6.96. The van der Waals surface area contributed by atoms with E-state index in [0.29, 0.717) is 6.54 Å². The fourth-order valence-corrected chi connectivity index (χ4v) is 3.94. The van der Waals surface area contributed by atoms with Crippen LogP contribution >= 0.6 is 0 Å². The Morgan fingerprint density at radius 1 is 1.08 bits per heavy atom. The Hall–Kier alpha value is -2.59. The van der Waals surface area contributed by atoms with Crippen molar-refractivity contribution in [2.75, 3.05) is 37.6 Å². The summed E-state index contributed by atoms with van der Waals surface area (Å²) in [4.78, 5) is 19.8. The molecule has 0 bridgehead atoms. The Morgan fingerprint density at radius 3 is 2.65 bits per heavy atom. The number of aromatic nitrogens is 1. The fraction of sp³-hybridized carbons (Fsp3) is 0.318. The van der Waals surface area contributed by atoms with E-state index in [4.69, 9.17) is 0 Å². The number of anilines is 1. The molecule has 0 unspecified atom stereocenters. The molecular formula is C22H26N3O+. The van der Waals surface area contributed by atoms with Crippen molar-refractivity contribution < 1.29 is 9.69 Å². The number of aryl methyl sites for hydroxylation is 1. The monoisotopic (exact) mass is 348 g/mol. The van der Waals surface area contributed by atoms with E-state index in [0.717, 1.165) is 42.6 Å². The van der Waals surface area contributed by atoms with Crippen LogP contribution in [-0.2, 0) is 0 Å². The summed E-state index contributed by atoms with van der Waals surface area (Å²) in [5, 5.41) is 1.03. The Morgan fingerprint density at radius 2 is 1.85 bits per heavy atom. The minimum Gasteiger partial charge on any atom is -0.360 e. The van der Waals surface area contributed by atoms with Crippen LogP contribution in [0.5, 0.6) is 0 Å². The first kappa shape index (κ1) is 16.9. The summed E-state index contributed by atoms with van der Waals surface area (Å²) in [7, 11) is 0. The quantitative estimate of drug-likeness (QED) is 0.711. The first-order valence-corrected chi connectivity index (χ1v) is 9.37. The van der Waals surface area contributed by atoms with Gasteiger partial charge in [-0.3, -0.25) is 4.79 Å². The normalized spacial score (nSPS) is 15.5. The summed E-state index contributed by atoms with van der Waals surface area (Å²) >= 11 is 0. The average Bonchev–Trinajstić information content (AvgIpc) is 3.09. The first-order valence-electron chi connectivity index (χ1n) is 9.37. The van der Waals surface area contributed by atoms with Crippen LogP contribution in [-0.4, -0.2) is 43.5 Å². The van der Waals surface area contributed by atoms with Gasteiger partial charge in [0.15, 0.2) is 0 Å². The number of rotatable bonds is 4. The highest BCUT2D eigenvalue weighted by molar-refractivity contribution is 6.08. The number of ketones is 1. The molecule has 1 aliphatic heterocycles. The largest absolute Gasteiger partial charge is 0.360 e. The predicted molar refractivity (Wildman–Crippen MR) is 106 cm³/mol. The van der Waals surface area contributed by atoms with Gasteiger partial charge in [0.25, 0.3) is 0 Å². The molecule has 2 N–H and O–H groups in total. The van der Waals surface area contributed by atoms with Crippen LogP contribution in [0.1, 0.15) is 21.5 Å².